The molecule has 7 heteroatoms. The molecule has 3 aromatic carbocycles. The van der Waals surface area contributed by atoms with Crippen molar-refractivity contribution in [2.24, 2.45) is 5.92 Å². The lowest BCUT2D eigenvalue weighted by atomic mass is 9.94. The zero-order valence-electron chi connectivity index (χ0n) is 30.9. The highest BCUT2D eigenvalue weighted by Gasteiger charge is 2.41. The van der Waals surface area contributed by atoms with Crippen LogP contribution < -0.4 is 9.48 Å². The van der Waals surface area contributed by atoms with Gasteiger partial charge in [0, 0.05) is 50.5 Å². The largest absolute Gasteiger partial charge is 0.506 e. The van der Waals surface area contributed by atoms with E-state index in [9.17, 15) is 14.7 Å². The number of ketones is 2. The molecular weight excluding hydrogens is 681 g/mol. The Morgan fingerprint density at radius 3 is 1.90 bits per heavy atom. The molecule has 0 radical (unpaired) electrons. The lowest BCUT2D eigenvalue weighted by Crippen LogP contribution is -2.19. The summed E-state index contributed by atoms with van der Waals surface area (Å²) in [5.74, 6) is -1.18. The Morgan fingerprint density at radius 2 is 1.31 bits per heavy atom. The smallest absolute Gasteiger partial charge is 0.251 e. The van der Waals surface area contributed by atoms with Gasteiger partial charge in [0.25, 0.3) is 5.04 Å². The molecule has 0 fully saturated rings. The predicted octanol–water partition coefficient (Wildman–Crippen LogP) is 11.5. The molecular formula is C45H43N2O3S2+. The first kappa shape index (κ1) is 35.4. The summed E-state index contributed by atoms with van der Waals surface area (Å²) >= 11 is 2.80. The van der Waals surface area contributed by atoms with Gasteiger partial charge in [-0.3, -0.25) is 9.59 Å². The monoisotopic (exact) mass is 723 g/mol. The molecule has 4 aromatic rings. The van der Waals surface area contributed by atoms with E-state index in [2.05, 4.69) is 132 Å². The summed E-state index contributed by atoms with van der Waals surface area (Å²) in [4.78, 5) is 30.8. The first-order valence-electron chi connectivity index (χ1n) is 17.6. The number of thioether (sulfide) groups is 1. The van der Waals surface area contributed by atoms with Crippen molar-refractivity contribution >= 4 is 67.3 Å². The molecule has 0 bridgehead atoms. The Morgan fingerprint density at radius 1 is 0.712 bits per heavy atom. The second-order valence-corrected chi connectivity index (χ2v) is 16.4. The van der Waals surface area contributed by atoms with Gasteiger partial charge in [-0.1, -0.05) is 54.0 Å². The highest BCUT2D eigenvalue weighted by molar-refractivity contribution is 8.18. The number of allylic oxidation sites excluding steroid dienone is 6. The number of aliphatic hydroxyl groups is 1. The summed E-state index contributed by atoms with van der Waals surface area (Å²) in [6.45, 7) is 16.9. The number of aliphatic hydroxyl groups excluding tert-OH is 1. The number of aryl methyl sites for hydroxylation is 6. The standard InChI is InChI=1S/C45H42N2O3S2/c1-25-9-13-33(29(5)21-25)46(34-14-10-26(2)22-30(34)6)39-19-17-37(51-39)41-43(48)42(45(50)44(41)49)38-18-20-40(52-38)47(35-15-11-27(3)23-31(35)7)36-16-12-28(4)24-32(36)8/h9-23,28H,24H2,1-8H3/p+1. The number of benzene rings is 3. The average molecular weight is 724 g/mol. The third kappa shape index (κ3) is 6.37. The van der Waals surface area contributed by atoms with Crippen LogP contribution in [0, 0.1) is 47.5 Å². The van der Waals surface area contributed by atoms with Crippen LogP contribution in [0.15, 0.2) is 119 Å². The van der Waals surface area contributed by atoms with E-state index in [0.29, 0.717) is 15.7 Å². The van der Waals surface area contributed by atoms with Crippen molar-refractivity contribution in [2.75, 3.05) is 4.90 Å². The quantitative estimate of drug-likeness (QED) is 0.122. The van der Waals surface area contributed by atoms with Crippen molar-refractivity contribution in [3.63, 3.8) is 0 Å². The van der Waals surface area contributed by atoms with Crippen molar-refractivity contribution in [3.8, 4) is 0 Å². The van der Waals surface area contributed by atoms with Crippen LogP contribution in [0.1, 0.15) is 58.5 Å². The highest BCUT2D eigenvalue weighted by Crippen LogP contribution is 2.46. The molecule has 0 saturated carbocycles. The Bertz CT molecular complexity index is 2340. The van der Waals surface area contributed by atoms with Crippen molar-refractivity contribution < 1.29 is 14.7 Å². The molecule has 52 heavy (non-hydrogen) atoms. The normalized spacial score (nSPS) is 18.8. The molecule has 7 rings (SSSR count). The summed E-state index contributed by atoms with van der Waals surface area (Å²) in [5, 5.41) is 13.5. The van der Waals surface area contributed by atoms with E-state index >= 15 is 0 Å². The van der Waals surface area contributed by atoms with Crippen LogP contribution in [0.2, 0.25) is 0 Å². The van der Waals surface area contributed by atoms with Crippen molar-refractivity contribution in [1.29, 1.82) is 0 Å². The number of Topliss-reactive ketones (excluding diaryl/α,β-unsaturated/α-hetero) is 2. The van der Waals surface area contributed by atoms with Gasteiger partial charge in [0.05, 0.1) is 11.1 Å². The van der Waals surface area contributed by atoms with Gasteiger partial charge in [-0.15, -0.1) is 15.9 Å². The van der Waals surface area contributed by atoms with Gasteiger partial charge in [0.1, 0.15) is 10.8 Å². The fraction of sp³-hybridized carbons (Fsp3) is 0.222. The molecule has 1 unspecified atom stereocenters. The predicted molar refractivity (Wildman–Crippen MR) is 220 cm³/mol. The van der Waals surface area contributed by atoms with E-state index in [1.165, 1.54) is 45.4 Å². The zero-order valence-corrected chi connectivity index (χ0v) is 32.6. The first-order valence-corrected chi connectivity index (χ1v) is 19.3. The Hall–Kier alpha value is -4.98. The molecule has 1 N–H and O–H groups in total. The van der Waals surface area contributed by atoms with Crippen LogP contribution in [0.3, 0.4) is 0 Å². The minimum Gasteiger partial charge on any atom is -0.506 e. The third-order valence-electron chi connectivity index (χ3n) is 9.92. The number of hydrogen-bond donors (Lipinski definition) is 1. The van der Waals surface area contributed by atoms with E-state index < -0.39 is 11.6 Å². The summed E-state index contributed by atoms with van der Waals surface area (Å²) in [5.41, 5.74) is 12.5. The van der Waals surface area contributed by atoms with Crippen LogP contribution in [0.4, 0.5) is 22.1 Å². The summed E-state index contributed by atoms with van der Waals surface area (Å²) < 4.78 is 2.20. The van der Waals surface area contributed by atoms with Gasteiger partial charge in [-0.25, -0.2) is 0 Å². The number of rotatable bonds is 6. The molecule has 0 amide bonds. The number of carbonyl (C=O) groups excluding carboxylic acids is 2. The number of nitrogens with zero attached hydrogens (tertiary/aromatic N) is 2. The topological polar surface area (TPSA) is 60.6 Å². The van der Waals surface area contributed by atoms with Gasteiger partial charge >= 0.3 is 0 Å². The molecule has 1 aromatic heterocycles. The Balaban J connectivity index is 1.32. The number of carbonyl (C=O) groups is 2. The fourth-order valence-electron chi connectivity index (χ4n) is 7.41. The van der Waals surface area contributed by atoms with Gasteiger partial charge in [-0.05, 0) is 126 Å². The number of anilines is 2. The van der Waals surface area contributed by atoms with Crippen LogP contribution in [0.25, 0.3) is 5.57 Å². The highest BCUT2D eigenvalue weighted by atomic mass is 32.2. The van der Waals surface area contributed by atoms with Crippen LogP contribution in [-0.4, -0.2) is 21.7 Å². The lowest BCUT2D eigenvalue weighted by Gasteiger charge is -2.30. The van der Waals surface area contributed by atoms with Crippen molar-refractivity contribution in [2.45, 2.75) is 61.8 Å². The summed E-state index contributed by atoms with van der Waals surface area (Å²) in [6.07, 6.45) is 9.18. The average Bonchev–Trinajstić information content (AvgIpc) is 3.80. The van der Waals surface area contributed by atoms with E-state index in [-0.39, 0.29) is 16.9 Å². The zero-order chi connectivity index (χ0) is 37.0. The minimum absolute atomic E-state index is 0.0568. The molecule has 2 aliphatic carbocycles. The lowest BCUT2D eigenvalue weighted by molar-refractivity contribution is -0.130. The molecule has 1 aliphatic heterocycles. The van der Waals surface area contributed by atoms with E-state index in [1.54, 1.807) is 0 Å². The maximum atomic E-state index is 13.7. The molecule has 0 saturated heterocycles. The van der Waals surface area contributed by atoms with E-state index in [0.717, 1.165) is 55.9 Å². The van der Waals surface area contributed by atoms with Crippen LogP contribution >= 0.6 is 23.1 Å². The molecule has 262 valence electrons. The molecule has 1 atom stereocenters. The summed E-state index contributed by atoms with van der Waals surface area (Å²) in [6, 6.07) is 23.0. The maximum absolute atomic E-state index is 13.7. The molecule has 5 nitrogen and oxygen atoms in total. The maximum Gasteiger partial charge on any atom is 0.251 e. The second-order valence-electron chi connectivity index (χ2n) is 14.3. The fourth-order valence-corrected chi connectivity index (χ4v) is 9.56. The van der Waals surface area contributed by atoms with Crippen molar-refractivity contribution in [1.82, 2.24) is 4.58 Å². The van der Waals surface area contributed by atoms with Gasteiger partial charge in [0.2, 0.25) is 22.9 Å². The Kier molecular flexibility index (Phi) is 9.45. The first-order chi connectivity index (χ1) is 24.8. The molecule has 3 aliphatic rings. The Labute approximate surface area is 314 Å². The number of thiophene rings is 1. The molecule has 2 heterocycles. The van der Waals surface area contributed by atoms with Gasteiger partial charge in [-0.2, -0.15) is 0 Å². The minimum atomic E-state index is -0.686. The summed E-state index contributed by atoms with van der Waals surface area (Å²) in [7, 11) is 0. The van der Waals surface area contributed by atoms with Gasteiger partial charge in [0.15, 0.2) is 0 Å². The van der Waals surface area contributed by atoms with E-state index in [1.807, 2.05) is 24.3 Å². The third-order valence-corrected chi connectivity index (χ3v) is 12.1. The van der Waals surface area contributed by atoms with Gasteiger partial charge < -0.3 is 10.0 Å². The second kappa shape index (κ2) is 13.9. The number of hydrogen-bond acceptors (Lipinski definition) is 6. The molecule has 0 spiro atoms. The SMILES string of the molecule is CC1=C(N(c2ccc(C3=C(O)/C(=C4\C=CC(=[N+](c5ccc(C)cc5C)c5ccc(C)cc5C)S4)C(=O)C3=O)s2)c2ccc(C)cc2C)C=CC(C)C1. The van der Waals surface area contributed by atoms with Crippen LogP contribution in [0.5, 0.6) is 0 Å². The van der Waals surface area contributed by atoms with Crippen molar-refractivity contribution in [3.05, 3.63) is 157 Å². The van der Waals surface area contributed by atoms with Crippen LogP contribution in [-0.2, 0) is 9.59 Å². The van der Waals surface area contributed by atoms with E-state index in [4.69, 9.17) is 0 Å².